The molecule has 2 saturated heterocycles. The molecular weight excluding hydrogens is 925 g/mol. The number of esters is 2. The molecule has 0 saturated carbocycles. The number of aliphatic hydroxyl groups excluding tert-OH is 7. The summed E-state index contributed by atoms with van der Waals surface area (Å²) in [5.74, 6) is -0.969. The Morgan fingerprint density at radius 3 is 1.38 bits per heavy atom. The lowest BCUT2D eigenvalue weighted by atomic mass is 9.98. The van der Waals surface area contributed by atoms with Crippen LogP contribution in [0.5, 0.6) is 0 Å². The summed E-state index contributed by atoms with van der Waals surface area (Å²) < 4.78 is 33.6. The van der Waals surface area contributed by atoms with Crippen LogP contribution in [-0.4, -0.2) is 142 Å². The Bertz CT molecular complexity index is 1530. The predicted octanol–water partition coefficient (Wildman–Crippen LogP) is 8.60. The van der Waals surface area contributed by atoms with Crippen LogP contribution in [0.2, 0.25) is 0 Å². The van der Waals surface area contributed by atoms with Gasteiger partial charge in [0.1, 0.15) is 55.4 Å². The van der Waals surface area contributed by atoms with Crippen LogP contribution in [0, 0.1) is 0 Å². The normalized spacial score (nSPS) is 25.6. The summed E-state index contributed by atoms with van der Waals surface area (Å²) in [5, 5.41) is 72.2. The molecule has 2 rings (SSSR count). The summed E-state index contributed by atoms with van der Waals surface area (Å²) in [6, 6.07) is 0. The molecule has 15 nitrogen and oxygen atoms in total. The van der Waals surface area contributed by atoms with Crippen molar-refractivity contribution in [2.75, 3.05) is 26.4 Å². The highest BCUT2D eigenvalue weighted by Gasteiger charge is 2.47. The molecule has 0 spiro atoms. The highest BCUT2D eigenvalue weighted by Crippen LogP contribution is 2.26. The highest BCUT2D eigenvalue weighted by molar-refractivity contribution is 5.70. The van der Waals surface area contributed by atoms with Crippen LogP contribution in [0.3, 0.4) is 0 Å². The topological polar surface area (TPSA) is 231 Å². The summed E-state index contributed by atoms with van der Waals surface area (Å²) >= 11 is 0. The summed E-state index contributed by atoms with van der Waals surface area (Å²) in [7, 11) is 0. The molecule has 72 heavy (non-hydrogen) atoms. The zero-order chi connectivity index (χ0) is 52.4. The number of ether oxygens (including phenoxy) is 6. The van der Waals surface area contributed by atoms with Gasteiger partial charge in [0.05, 0.1) is 19.8 Å². The molecule has 0 aromatic rings. The lowest BCUT2D eigenvalue weighted by molar-refractivity contribution is -0.332. The maximum absolute atomic E-state index is 13.0. The van der Waals surface area contributed by atoms with Crippen LogP contribution in [0.25, 0.3) is 0 Å². The van der Waals surface area contributed by atoms with E-state index in [1.54, 1.807) is 0 Å². The number of aliphatic hydroxyl groups is 7. The second-order valence-corrected chi connectivity index (χ2v) is 19.0. The lowest BCUT2D eigenvalue weighted by Gasteiger charge is -2.42. The van der Waals surface area contributed by atoms with E-state index in [1.165, 1.54) is 64.2 Å². The second kappa shape index (κ2) is 43.2. The van der Waals surface area contributed by atoms with Gasteiger partial charge in [0.15, 0.2) is 18.7 Å². The molecule has 0 amide bonds. The molecule has 7 N–H and O–H groups in total. The first-order valence-electron chi connectivity index (χ1n) is 27.5. The lowest BCUT2D eigenvalue weighted by Crippen LogP contribution is -2.61. The first-order chi connectivity index (χ1) is 35.0. The SMILES string of the molecule is CCC/C=C/C/C=C/C/C=C/C/C=C/CCCCCC(=O)O[C@@H](COC(=O)CCCCCCCCCCC/C=C/C/C=C/CCCCC)CO[C@@H]1O[C@H](CO[C@@H]2O[C@H](CO)[C@H](O)C(O)C2O)[C@H](O)C(O)C1O. The van der Waals surface area contributed by atoms with E-state index in [0.29, 0.717) is 12.8 Å². The van der Waals surface area contributed by atoms with Crippen molar-refractivity contribution in [3.63, 3.8) is 0 Å². The van der Waals surface area contributed by atoms with Gasteiger partial charge in [0.2, 0.25) is 0 Å². The van der Waals surface area contributed by atoms with Crippen LogP contribution in [0.4, 0.5) is 0 Å². The van der Waals surface area contributed by atoms with E-state index in [2.05, 4.69) is 86.8 Å². The molecule has 2 aliphatic heterocycles. The fraction of sp³-hybridized carbons (Fsp3) is 0.754. The van der Waals surface area contributed by atoms with E-state index in [9.17, 15) is 45.3 Å². The Hall–Kier alpha value is -3.06. The third-order valence-electron chi connectivity index (χ3n) is 12.6. The van der Waals surface area contributed by atoms with E-state index >= 15 is 0 Å². The van der Waals surface area contributed by atoms with Gasteiger partial charge in [-0.3, -0.25) is 9.59 Å². The Labute approximate surface area is 432 Å². The number of hydrogen-bond donors (Lipinski definition) is 7. The van der Waals surface area contributed by atoms with Crippen molar-refractivity contribution in [3.8, 4) is 0 Å². The maximum atomic E-state index is 13.0. The van der Waals surface area contributed by atoms with Crippen molar-refractivity contribution in [2.24, 2.45) is 0 Å². The largest absolute Gasteiger partial charge is 0.462 e. The third kappa shape index (κ3) is 30.3. The number of allylic oxidation sites excluding steroid dienone is 12. The fourth-order valence-corrected chi connectivity index (χ4v) is 8.12. The number of rotatable bonds is 42. The quantitative estimate of drug-likeness (QED) is 0.0172. The van der Waals surface area contributed by atoms with Gasteiger partial charge < -0.3 is 64.2 Å². The Morgan fingerprint density at radius 2 is 0.861 bits per heavy atom. The van der Waals surface area contributed by atoms with Crippen LogP contribution in [0.1, 0.15) is 181 Å². The monoisotopic (exact) mass is 1020 g/mol. The third-order valence-corrected chi connectivity index (χ3v) is 12.6. The average Bonchev–Trinajstić information content (AvgIpc) is 3.37. The maximum Gasteiger partial charge on any atom is 0.306 e. The molecule has 0 aromatic heterocycles. The Kier molecular flexibility index (Phi) is 39.0. The van der Waals surface area contributed by atoms with E-state index in [-0.39, 0.29) is 19.4 Å². The van der Waals surface area contributed by atoms with Crippen LogP contribution in [0.15, 0.2) is 72.9 Å². The van der Waals surface area contributed by atoms with Gasteiger partial charge in [-0.25, -0.2) is 0 Å². The Morgan fingerprint density at radius 1 is 0.444 bits per heavy atom. The fourth-order valence-electron chi connectivity index (χ4n) is 8.12. The van der Waals surface area contributed by atoms with Crippen LogP contribution in [-0.2, 0) is 38.0 Å². The van der Waals surface area contributed by atoms with E-state index in [4.69, 9.17) is 28.4 Å². The molecule has 11 atom stereocenters. The van der Waals surface area contributed by atoms with E-state index in [0.717, 1.165) is 77.0 Å². The van der Waals surface area contributed by atoms with Gasteiger partial charge in [-0.2, -0.15) is 0 Å². The van der Waals surface area contributed by atoms with Gasteiger partial charge in [-0.15, -0.1) is 0 Å². The van der Waals surface area contributed by atoms with Gasteiger partial charge in [-0.1, -0.05) is 157 Å². The molecule has 0 bridgehead atoms. The Balaban J connectivity index is 1.80. The van der Waals surface area contributed by atoms with Gasteiger partial charge in [0, 0.05) is 12.8 Å². The standard InChI is InChI=1S/C57H96O15/c1-3-5-7-9-11-13-15-17-19-21-22-24-25-27-29-31-33-35-37-39-48(59)67-42-45(70-49(60)40-38-36-34-32-30-28-26-23-20-18-16-14-12-10-8-6-4-2)43-68-56-55(66)53(64)51(62)47(72-56)44-69-57-54(65)52(63)50(61)46(41-58)71-57/h8,10-11,13-14,16-17,19-20,23,28,30,45-47,50-58,61-66H,3-7,9,12,15,18,21-22,24-27,29,31-44H2,1-2H3/b10-8+,13-11+,16-14+,19-17+,23-20+,30-28+/t45-,46+,47+,50-,51-,52?,53?,54?,55?,56+,57+/m0/s1. The molecule has 0 aromatic carbocycles. The molecule has 2 aliphatic rings. The number of unbranched alkanes of at least 4 members (excludes halogenated alkanes) is 16. The molecule has 15 heteroatoms. The molecular formula is C57H96O15. The van der Waals surface area contributed by atoms with E-state index in [1.807, 2.05) is 0 Å². The predicted molar refractivity (Wildman–Crippen MR) is 279 cm³/mol. The minimum atomic E-state index is -1.78. The molecule has 2 heterocycles. The van der Waals surface area contributed by atoms with Crippen molar-refractivity contribution in [2.45, 2.75) is 248 Å². The minimum absolute atomic E-state index is 0.123. The average molecular weight is 1020 g/mol. The van der Waals surface area contributed by atoms with E-state index < -0.39 is 99.3 Å². The van der Waals surface area contributed by atoms with Crippen molar-refractivity contribution < 1.29 is 73.8 Å². The summed E-state index contributed by atoms with van der Waals surface area (Å²) in [5.41, 5.74) is 0. The molecule has 2 fully saturated rings. The summed E-state index contributed by atoms with van der Waals surface area (Å²) in [6.07, 6.45) is 34.9. The summed E-state index contributed by atoms with van der Waals surface area (Å²) in [4.78, 5) is 25.8. The molecule has 4 unspecified atom stereocenters. The summed E-state index contributed by atoms with van der Waals surface area (Å²) in [6.45, 7) is 2.46. The number of carbonyl (C=O) groups is 2. The minimum Gasteiger partial charge on any atom is -0.462 e. The van der Waals surface area contributed by atoms with Crippen molar-refractivity contribution in [3.05, 3.63) is 72.9 Å². The first-order valence-corrected chi connectivity index (χ1v) is 27.5. The van der Waals surface area contributed by atoms with Crippen LogP contribution < -0.4 is 0 Å². The van der Waals surface area contributed by atoms with Gasteiger partial charge in [-0.05, 0) is 83.5 Å². The second-order valence-electron chi connectivity index (χ2n) is 19.0. The van der Waals surface area contributed by atoms with Crippen molar-refractivity contribution >= 4 is 11.9 Å². The van der Waals surface area contributed by atoms with Crippen molar-refractivity contribution in [1.82, 2.24) is 0 Å². The number of carbonyl (C=O) groups excluding carboxylic acids is 2. The van der Waals surface area contributed by atoms with Crippen molar-refractivity contribution in [1.29, 1.82) is 0 Å². The zero-order valence-electron chi connectivity index (χ0n) is 43.9. The highest BCUT2D eigenvalue weighted by atomic mass is 16.7. The van der Waals surface area contributed by atoms with Crippen LogP contribution >= 0.6 is 0 Å². The first kappa shape index (κ1) is 65.1. The molecule has 414 valence electrons. The molecule has 0 radical (unpaired) electrons. The van der Waals surface area contributed by atoms with Gasteiger partial charge >= 0.3 is 11.9 Å². The zero-order valence-corrected chi connectivity index (χ0v) is 43.9. The van der Waals surface area contributed by atoms with Gasteiger partial charge in [0.25, 0.3) is 0 Å². The number of hydrogen-bond acceptors (Lipinski definition) is 15. The smallest absolute Gasteiger partial charge is 0.306 e. The molecule has 0 aliphatic carbocycles.